The number of likely N-dealkylation sites (tertiary alicyclic amines) is 1. The molecule has 0 saturated carbocycles. The number of hydrogen-bond donors (Lipinski definition) is 2. The number of rotatable bonds is 8. The quantitative estimate of drug-likeness (QED) is 0.466. The molecule has 170 valence electrons. The molecule has 1 aliphatic heterocycles. The predicted molar refractivity (Wildman–Crippen MR) is 127 cm³/mol. The number of nitrogens with zero attached hydrogens (tertiary/aromatic N) is 1. The van der Waals surface area contributed by atoms with Gasteiger partial charge in [-0.15, -0.1) is 11.3 Å². The monoisotopic (exact) mass is 456 g/mol. The first-order valence-corrected chi connectivity index (χ1v) is 11.9. The molecule has 2 heterocycles. The van der Waals surface area contributed by atoms with E-state index in [1.807, 2.05) is 24.3 Å². The molecule has 1 aliphatic rings. The number of aliphatic hydroxyl groups is 1. The number of esters is 1. The second kappa shape index (κ2) is 10.4. The molecule has 0 radical (unpaired) electrons. The maximum absolute atomic E-state index is 14.7. The van der Waals surface area contributed by atoms with Gasteiger partial charge in [-0.1, -0.05) is 24.3 Å². The lowest BCUT2D eigenvalue weighted by atomic mass is 9.97. The van der Waals surface area contributed by atoms with E-state index in [0.717, 1.165) is 48.4 Å². The Morgan fingerprint density at radius 1 is 1.22 bits per heavy atom. The fraction of sp³-hybridized carbons (Fsp3) is 0.400. The van der Waals surface area contributed by atoms with Gasteiger partial charge >= 0.3 is 5.97 Å². The van der Waals surface area contributed by atoms with Crippen molar-refractivity contribution in [1.82, 2.24) is 4.90 Å². The van der Waals surface area contributed by atoms with Gasteiger partial charge in [0.15, 0.2) is 0 Å². The summed E-state index contributed by atoms with van der Waals surface area (Å²) in [5.74, 6) is -0.334. The van der Waals surface area contributed by atoms with Crippen LogP contribution in [0.15, 0.2) is 42.5 Å². The van der Waals surface area contributed by atoms with Crippen LogP contribution in [0.2, 0.25) is 0 Å². The highest BCUT2D eigenvalue weighted by atomic mass is 32.1. The van der Waals surface area contributed by atoms with Crippen molar-refractivity contribution in [2.45, 2.75) is 32.9 Å². The van der Waals surface area contributed by atoms with Gasteiger partial charge in [0.25, 0.3) is 0 Å². The molecule has 32 heavy (non-hydrogen) atoms. The van der Waals surface area contributed by atoms with Crippen molar-refractivity contribution >= 4 is 33.1 Å². The van der Waals surface area contributed by atoms with E-state index in [0.29, 0.717) is 28.3 Å². The number of aliphatic hydroxyl groups excluding tert-OH is 1. The molecule has 0 unspecified atom stereocenters. The Bertz CT molecular complexity index is 1080. The Labute approximate surface area is 191 Å². The second-order valence-corrected chi connectivity index (χ2v) is 9.21. The summed E-state index contributed by atoms with van der Waals surface area (Å²) in [5.41, 5.74) is 2.77. The second-order valence-electron chi connectivity index (χ2n) is 8.16. The van der Waals surface area contributed by atoms with Crippen LogP contribution in [0, 0.1) is 11.7 Å². The van der Waals surface area contributed by atoms with Crippen molar-refractivity contribution in [2.75, 3.05) is 31.6 Å². The van der Waals surface area contributed by atoms with Gasteiger partial charge in [-0.25, -0.2) is 9.18 Å². The average Bonchev–Trinajstić information content (AvgIpc) is 3.19. The van der Waals surface area contributed by atoms with E-state index in [9.17, 15) is 14.3 Å². The van der Waals surface area contributed by atoms with Crippen molar-refractivity contribution in [1.29, 1.82) is 0 Å². The Morgan fingerprint density at radius 2 is 2.00 bits per heavy atom. The fourth-order valence-corrected chi connectivity index (χ4v) is 5.41. The summed E-state index contributed by atoms with van der Waals surface area (Å²) >= 11 is 1.27. The highest BCUT2D eigenvalue weighted by Gasteiger charge is 2.22. The standard InChI is InChI=1S/C25H29FN2O3S/c1-2-31-25(30)24-19(23-20(26)7-5-9-22(23)32-24)14-27-21-8-4-3-6-18(21)15-28-12-10-17(16-29)11-13-28/h3-9,17,27,29H,2,10-16H2,1H3. The number of hydrogen-bond acceptors (Lipinski definition) is 6. The Morgan fingerprint density at radius 3 is 2.75 bits per heavy atom. The predicted octanol–water partition coefficient (Wildman–Crippen LogP) is 5.03. The number of para-hydroxylation sites is 1. The number of piperidine rings is 1. The number of fused-ring (bicyclic) bond motifs is 1. The highest BCUT2D eigenvalue weighted by Crippen LogP contribution is 2.34. The molecule has 1 fully saturated rings. The van der Waals surface area contributed by atoms with Crippen LogP contribution < -0.4 is 5.32 Å². The Hall–Kier alpha value is -2.48. The van der Waals surface area contributed by atoms with E-state index >= 15 is 0 Å². The van der Waals surface area contributed by atoms with E-state index in [1.54, 1.807) is 13.0 Å². The molecule has 1 saturated heterocycles. The molecule has 2 N–H and O–H groups in total. The van der Waals surface area contributed by atoms with E-state index in [1.165, 1.54) is 17.4 Å². The van der Waals surface area contributed by atoms with Crippen LogP contribution in [-0.2, 0) is 17.8 Å². The molecular formula is C25H29FN2O3S. The van der Waals surface area contributed by atoms with Crippen LogP contribution in [0.3, 0.4) is 0 Å². The van der Waals surface area contributed by atoms with Gasteiger partial charge in [-0.05, 0) is 62.5 Å². The highest BCUT2D eigenvalue weighted by molar-refractivity contribution is 7.21. The molecule has 0 aliphatic carbocycles. The summed E-state index contributed by atoms with van der Waals surface area (Å²) in [5, 5.41) is 13.3. The lowest BCUT2D eigenvalue weighted by Gasteiger charge is -2.31. The minimum Gasteiger partial charge on any atom is -0.462 e. The van der Waals surface area contributed by atoms with E-state index in [4.69, 9.17) is 4.74 Å². The van der Waals surface area contributed by atoms with Crippen LogP contribution in [0.4, 0.5) is 10.1 Å². The summed E-state index contributed by atoms with van der Waals surface area (Å²) in [7, 11) is 0. The molecule has 4 rings (SSSR count). The maximum atomic E-state index is 14.7. The number of benzene rings is 2. The van der Waals surface area contributed by atoms with Gasteiger partial charge < -0.3 is 15.2 Å². The van der Waals surface area contributed by atoms with Gasteiger partial charge in [0.1, 0.15) is 10.7 Å². The summed E-state index contributed by atoms with van der Waals surface area (Å²) < 4.78 is 20.7. The number of carbonyl (C=O) groups excluding carboxylic acids is 1. The molecule has 7 heteroatoms. The lowest BCUT2D eigenvalue weighted by molar-refractivity contribution is 0.0531. The number of thiophene rings is 1. The van der Waals surface area contributed by atoms with Crippen molar-refractivity contribution in [3.05, 3.63) is 64.3 Å². The summed E-state index contributed by atoms with van der Waals surface area (Å²) in [6.45, 7) is 5.38. The zero-order valence-electron chi connectivity index (χ0n) is 18.3. The van der Waals surface area contributed by atoms with Crippen LogP contribution in [0.25, 0.3) is 10.1 Å². The Balaban J connectivity index is 1.55. The van der Waals surface area contributed by atoms with E-state index in [-0.39, 0.29) is 19.0 Å². The smallest absolute Gasteiger partial charge is 0.348 e. The SMILES string of the molecule is CCOC(=O)c1sc2cccc(F)c2c1CNc1ccccc1CN1CCC(CO)CC1. The zero-order valence-corrected chi connectivity index (χ0v) is 19.1. The van der Waals surface area contributed by atoms with Crippen LogP contribution in [-0.4, -0.2) is 42.3 Å². The third-order valence-corrected chi connectivity index (χ3v) is 7.23. The number of carbonyl (C=O) groups is 1. The fourth-order valence-electron chi connectivity index (χ4n) is 4.28. The third-order valence-electron chi connectivity index (χ3n) is 6.06. The van der Waals surface area contributed by atoms with Gasteiger partial charge in [-0.2, -0.15) is 0 Å². The molecular weight excluding hydrogens is 427 g/mol. The first-order valence-electron chi connectivity index (χ1n) is 11.1. The van der Waals surface area contributed by atoms with Crippen molar-refractivity contribution in [3.8, 4) is 0 Å². The summed E-state index contributed by atoms with van der Waals surface area (Å²) in [6.07, 6.45) is 2.02. The summed E-state index contributed by atoms with van der Waals surface area (Å²) in [4.78, 5) is 15.4. The van der Waals surface area contributed by atoms with Gasteiger partial charge in [0, 0.05) is 41.0 Å². The average molecular weight is 457 g/mol. The molecule has 0 bridgehead atoms. The molecule has 5 nitrogen and oxygen atoms in total. The van der Waals surface area contributed by atoms with Crippen LogP contribution in [0.1, 0.15) is 40.6 Å². The number of ether oxygens (including phenoxy) is 1. The summed E-state index contributed by atoms with van der Waals surface area (Å²) in [6, 6.07) is 13.0. The van der Waals surface area contributed by atoms with Crippen LogP contribution in [0.5, 0.6) is 0 Å². The molecule has 2 aromatic carbocycles. The number of anilines is 1. The zero-order chi connectivity index (χ0) is 22.5. The largest absolute Gasteiger partial charge is 0.462 e. The molecule has 1 aromatic heterocycles. The minimum absolute atomic E-state index is 0.264. The minimum atomic E-state index is -0.412. The number of nitrogens with one attached hydrogen (secondary N) is 1. The lowest BCUT2D eigenvalue weighted by Crippen LogP contribution is -2.34. The van der Waals surface area contributed by atoms with Crippen LogP contribution >= 0.6 is 11.3 Å². The molecule has 0 amide bonds. The van der Waals surface area contributed by atoms with Gasteiger partial charge in [0.2, 0.25) is 0 Å². The normalized spacial score (nSPS) is 15.2. The van der Waals surface area contributed by atoms with Crippen molar-refractivity contribution in [2.24, 2.45) is 5.92 Å². The maximum Gasteiger partial charge on any atom is 0.348 e. The number of halogens is 1. The topological polar surface area (TPSA) is 61.8 Å². The molecule has 0 atom stereocenters. The van der Waals surface area contributed by atoms with Gasteiger partial charge in [-0.3, -0.25) is 4.90 Å². The molecule has 3 aromatic rings. The van der Waals surface area contributed by atoms with Crippen molar-refractivity contribution < 1.29 is 19.0 Å². The Kier molecular flexibility index (Phi) is 7.40. The molecule has 0 spiro atoms. The van der Waals surface area contributed by atoms with Gasteiger partial charge in [0.05, 0.1) is 6.61 Å². The van der Waals surface area contributed by atoms with E-state index < -0.39 is 5.97 Å². The van der Waals surface area contributed by atoms with Crippen molar-refractivity contribution in [3.63, 3.8) is 0 Å². The first-order chi connectivity index (χ1) is 15.6. The third kappa shape index (κ3) is 4.95. The first kappa shape index (κ1) is 22.7. The van der Waals surface area contributed by atoms with E-state index in [2.05, 4.69) is 16.3 Å².